The van der Waals surface area contributed by atoms with Crippen molar-refractivity contribution in [3.05, 3.63) is 64.7 Å². The smallest absolute Gasteiger partial charge is 0.332 e. The molecule has 0 fully saturated rings. The van der Waals surface area contributed by atoms with Gasteiger partial charge < -0.3 is 14.5 Å². The number of hydroxylamine groups is 1. The number of hydrogen-bond donors (Lipinski definition) is 3. The number of hydrogen-bond acceptors (Lipinski definition) is 7. The molecule has 0 aliphatic rings. The molecule has 2 heterocycles. The first-order valence-corrected chi connectivity index (χ1v) is 9.41. The Labute approximate surface area is 176 Å². The molecule has 31 heavy (non-hydrogen) atoms. The van der Waals surface area contributed by atoms with Crippen LogP contribution in [0.25, 0.3) is 28.2 Å². The van der Waals surface area contributed by atoms with Gasteiger partial charge in [0.1, 0.15) is 17.0 Å². The number of amides is 1. The molecule has 2 aromatic heterocycles. The maximum atomic E-state index is 12.8. The number of para-hydroxylation sites is 2. The average molecular weight is 421 g/mol. The molecule has 3 N–H and O–H groups in total. The molecule has 4 rings (SSSR count). The summed E-state index contributed by atoms with van der Waals surface area (Å²) in [6.45, 7) is 2.41. The van der Waals surface area contributed by atoms with Crippen molar-refractivity contribution in [3.8, 4) is 28.6 Å². The maximum Gasteiger partial charge on any atom is 0.332 e. The Hall–Kier alpha value is -4.18. The van der Waals surface area contributed by atoms with Crippen molar-refractivity contribution in [3.63, 3.8) is 0 Å². The van der Waals surface area contributed by atoms with Crippen molar-refractivity contribution in [2.24, 2.45) is 0 Å². The first-order valence-electron chi connectivity index (χ1n) is 9.41. The molecule has 1 amide bonds. The number of methoxy groups -OCH3 is 1. The fourth-order valence-corrected chi connectivity index (χ4v) is 3.24. The lowest BCUT2D eigenvalue weighted by atomic mass is 10.2. The number of aromatic nitrogens is 4. The van der Waals surface area contributed by atoms with Crippen LogP contribution < -0.4 is 20.6 Å². The van der Waals surface area contributed by atoms with E-state index in [1.54, 1.807) is 54.0 Å². The summed E-state index contributed by atoms with van der Waals surface area (Å²) >= 11 is 0. The highest BCUT2D eigenvalue weighted by molar-refractivity contribution is 6.02. The van der Waals surface area contributed by atoms with Crippen LogP contribution >= 0.6 is 0 Å². The summed E-state index contributed by atoms with van der Waals surface area (Å²) in [4.78, 5) is 36.5. The average Bonchev–Trinajstić information content (AvgIpc) is 3.14. The highest BCUT2D eigenvalue weighted by Gasteiger charge is 2.22. The summed E-state index contributed by atoms with van der Waals surface area (Å²) in [6, 6.07) is 13.9. The Kier molecular flexibility index (Phi) is 5.37. The van der Waals surface area contributed by atoms with Gasteiger partial charge in [0.25, 0.3) is 5.91 Å². The number of benzene rings is 2. The number of carbonyl (C=O) groups is 1. The summed E-state index contributed by atoms with van der Waals surface area (Å²) in [6.07, 6.45) is 0. The van der Waals surface area contributed by atoms with Gasteiger partial charge >= 0.3 is 5.69 Å². The minimum atomic E-state index is -0.881. The molecule has 4 aromatic rings. The zero-order valence-corrected chi connectivity index (χ0v) is 16.7. The monoisotopic (exact) mass is 421 g/mol. The van der Waals surface area contributed by atoms with Crippen LogP contribution in [-0.4, -0.2) is 44.4 Å². The SMILES string of the molecule is CCOc1ccc(-c2nc(C(=O)NO)c3[nH]c(=O)n(-c4ccccc4OC)c3n2)cc1. The van der Waals surface area contributed by atoms with E-state index in [0.29, 0.717) is 29.4 Å². The highest BCUT2D eigenvalue weighted by atomic mass is 16.5. The van der Waals surface area contributed by atoms with Gasteiger partial charge in [-0.3, -0.25) is 10.0 Å². The van der Waals surface area contributed by atoms with Crippen molar-refractivity contribution in [1.29, 1.82) is 0 Å². The Morgan fingerprint density at radius 2 is 1.90 bits per heavy atom. The molecule has 0 saturated carbocycles. The second-order valence-corrected chi connectivity index (χ2v) is 6.43. The van der Waals surface area contributed by atoms with Crippen LogP contribution in [0.5, 0.6) is 11.5 Å². The number of fused-ring (bicyclic) bond motifs is 1. The molecule has 0 atom stereocenters. The number of carbonyl (C=O) groups excluding carboxylic acids is 1. The van der Waals surface area contributed by atoms with Crippen molar-refractivity contribution in [2.45, 2.75) is 6.92 Å². The van der Waals surface area contributed by atoms with E-state index >= 15 is 0 Å². The van der Waals surface area contributed by atoms with E-state index in [1.807, 2.05) is 6.92 Å². The standard InChI is InChI=1S/C21H19N5O5/c1-3-31-13-10-8-12(9-11-13)18-22-17(20(27)25-29)16-19(24-18)26(21(28)23-16)14-6-4-5-7-15(14)30-2/h4-11,29H,3H2,1-2H3,(H,23,28)(H,25,27). The van der Waals surface area contributed by atoms with Crippen LogP contribution in [0.1, 0.15) is 17.4 Å². The van der Waals surface area contributed by atoms with Gasteiger partial charge in [-0.15, -0.1) is 0 Å². The second-order valence-electron chi connectivity index (χ2n) is 6.43. The highest BCUT2D eigenvalue weighted by Crippen LogP contribution is 2.27. The molecule has 0 aliphatic carbocycles. The minimum absolute atomic E-state index is 0.0807. The van der Waals surface area contributed by atoms with E-state index in [4.69, 9.17) is 9.47 Å². The Morgan fingerprint density at radius 1 is 1.16 bits per heavy atom. The van der Waals surface area contributed by atoms with Gasteiger partial charge in [0, 0.05) is 5.56 Å². The molecule has 10 nitrogen and oxygen atoms in total. The van der Waals surface area contributed by atoms with Crippen molar-refractivity contribution < 1.29 is 19.5 Å². The van der Waals surface area contributed by atoms with Crippen LogP contribution in [-0.2, 0) is 0 Å². The number of aromatic amines is 1. The van der Waals surface area contributed by atoms with Crippen LogP contribution in [0, 0.1) is 0 Å². The van der Waals surface area contributed by atoms with Crippen molar-refractivity contribution >= 4 is 17.1 Å². The van der Waals surface area contributed by atoms with E-state index < -0.39 is 11.6 Å². The number of imidazole rings is 1. The lowest BCUT2D eigenvalue weighted by Crippen LogP contribution is -2.21. The molecule has 10 heteroatoms. The Balaban J connectivity index is 1.99. The maximum absolute atomic E-state index is 12.8. The number of nitrogens with zero attached hydrogens (tertiary/aromatic N) is 3. The predicted molar refractivity (Wildman–Crippen MR) is 112 cm³/mol. The summed E-state index contributed by atoms with van der Waals surface area (Å²) in [5, 5.41) is 9.18. The van der Waals surface area contributed by atoms with Gasteiger partial charge in [-0.05, 0) is 43.3 Å². The molecular weight excluding hydrogens is 402 g/mol. The number of rotatable bonds is 6. The Morgan fingerprint density at radius 3 is 2.58 bits per heavy atom. The van der Waals surface area contributed by atoms with E-state index in [1.165, 1.54) is 11.7 Å². The normalized spacial score (nSPS) is 10.8. The van der Waals surface area contributed by atoms with Crippen LogP contribution in [0.15, 0.2) is 53.3 Å². The third-order valence-electron chi connectivity index (χ3n) is 4.60. The van der Waals surface area contributed by atoms with Gasteiger partial charge in [-0.2, -0.15) is 0 Å². The summed E-state index contributed by atoms with van der Waals surface area (Å²) < 4.78 is 12.1. The lowest BCUT2D eigenvalue weighted by Gasteiger charge is -2.10. The van der Waals surface area contributed by atoms with Gasteiger partial charge in [0.05, 0.1) is 19.4 Å². The topological polar surface area (TPSA) is 131 Å². The van der Waals surface area contributed by atoms with E-state index in [0.717, 1.165) is 0 Å². The van der Waals surface area contributed by atoms with Gasteiger partial charge in [-0.25, -0.2) is 24.8 Å². The van der Waals surface area contributed by atoms with Crippen molar-refractivity contribution in [1.82, 2.24) is 25.0 Å². The predicted octanol–water partition coefficient (Wildman–Crippen LogP) is 2.30. The van der Waals surface area contributed by atoms with Gasteiger partial charge in [0.2, 0.25) is 0 Å². The first-order chi connectivity index (χ1) is 15.1. The molecule has 0 bridgehead atoms. The van der Waals surface area contributed by atoms with Gasteiger partial charge in [0.15, 0.2) is 17.2 Å². The lowest BCUT2D eigenvalue weighted by molar-refractivity contribution is 0.0702. The summed E-state index contributed by atoms with van der Waals surface area (Å²) in [5.41, 5.74) is 2.12. The van der Waals surface area contributed by atoms with Crippen LogP contribution in [0.2, 0.25) is 0 Å². The summed E-state index contributed by atoms with van der Waals surface area (Å²) in [7, 11) is 1.49. The fourth-order valence-electron chi connectivity index (χ4n) is 3.24. The van der Waals surface area contributed by atoms with Crippen LogP contribution in [0.4, 0.5) is 0 Å². The third-order valence-corrected chi connectivity index (χ3v) is 4.60. The van der Waals surface area contributed by atoms with Crippen LogP contribution in [0.3, 0.4) is 0 Å². The quantitative estimate of drug-likeness (QED) is 0.321. The van der Waals surface area contributed by atoms with E-state index in [2.05, 4.69) is 15.0 Å². The largest absolute Gasteiger partial charge is 0.495 e. The zero-order valence-electron chi connectivity index (χ0n) is 16.7. The van der Waals surface area contributed by atoms with Gasteiger partial charge in [-0.1, -0.05) is 12.1 Å². The number of ether oxygens (including phenoxy) is 2. The van der Waals surface area contributed by atoms with E-state index in [-0.39, 0.29) is 22.7 Å². The molecule has 0 spiro atoms. The zero-order chi connectivity index (χ0) is 22.0. The molecular formula is C21H19N5O5. The minimum Gasteiger partial charge on any atom is -0.495 e. The third kappa shape index (κ3) is 3.60. The second kappa shape index (κ2) is 8.28. The first kappa shape index (κ1) is 20.1. The van der Waals surface area contributed by atoms with E-state index in [9.17, 15) is 14.8 Å². The number of nitrogens with one attached hydrogen (secondary N) is 2. The fraction of sp³-hybridized carbons (Fsp3) is 0.143. The summed E-state index contributed by atoms with van der Waals surface area (Å²) in [5.74, 6) is 0.429. The molecule has 0 radical (unpaired) electrons. The molecule has 0 unspecified atom stereocenters. The Bertz CT molecular complexity index is 1310. The molecule has 2 aromatic carbocycles. The van der Waals surface area contributed by atoms with Crippen molar-refractivity contribution in [2.75, 3.05) is 13.7 Å². The molecule has 0 saturated heterocycles. The number of H-pyrrole nitrogens is 1. The molecule has 0 aliphatic heterocycles. The molecule has 158 valence electrons.